The lowest BCUT2D eigenvalue weighted by molar-refractivity contribution is 0.629. The number of hydrogen-bond acceptors (Lipinski definition) is 1. The summed E-state index contributed by atoms with van der Waals surface area (Å²) in [7, 11) is 0. The van der Waals surface area contributed by atoms with Gasteiger partial charge in [0.15, 0.2) is 0 Å². The molecule has 0 fully saturated rings. The van der Waals surface area contributed by atoms with E-state index in [0.717, 1.165) is 5.56 Å². The van der Waals surface area contributed by atoms with Crippen LogP contribution in [0.4, 0.5) is 10.1 Å². The zero-order valence-corrected chi connectivity index (χ0v) is 9.69. The summed E-state index contributed by atoms with van der Waals surface area (Å²) in [4.78, 5) is 0. The summed E-state index contributed by atoms with van der Waals surface area (Å²) in [5.74, 6) is -0.549. The Morgan fingerprint density at radius 3 is 2.38 bits per heavy atom. The molecule has 1 nitrogen and oxygen atoms in total. The Morgan fingerprint density at radius 1 is 1.06 bits per heavy atom. The number of nitrogen functional groups attached to an aromatic ring is 1. The maximum absolute atomic E-state index is 13.4. The van der Waals surface area contributed by atoms with Crippen LogP contribution in [0.25, 0.3) is 11.1 Å². The topological polar surface area (TPSA) is 26.0 Å². The molecule has 82 valence electrons. The van der Waals surface area contributed by atoms with Gasteiger partial charge in [0.25, 0.3) is 0 Å². The minimum absolute atomic E-state index is 0.0695. The first-order valence-electron chi connectivity index (χ1n) is 4.59. The molecule has 2 N–H and O–H groups in total. The highest BCUT2D eigenvalue weighted by Gasteiger charge is 2.09. The molecule has 0 aromatic heterocycles. The van der Waals surface area contributed by atoms with Crippen LogP contribution in [0.2, 0.25) is 10.0 Å². The van der Waals surface area contributed by atoms with Crippen LogP contribution >= 0.6 is 23.2 Å². The summed E-state index contributed by atoms with van der Waals surface area (Å²) in [6, 6.07) is 10.1. The molecular weight excluding hydrogens is 248 g/mol. The van der Waals surface area contributed by atoms with Gasteiger partial charge in [-0.05, 0) is 23.8 Å². The molecule has 2 aromatic carbocycles. The van der Waals surface area contributed by atoms with Crippen LogP contribution in [-0.2, 0) is 0 Å². The monoisotopic (exact) mass is 255 g/mol. The van der Waals surface area contributed by atoms with Gasteiger partial charge in [0.05, 0.1) is 10.0 Å². The third-order valence-electron chi connectivity index (χ3n) is 2.26. The quantitative estimate of drug-likeness (QED) is 0.594. The number of nitrogens with two attached hydrogens (primary N) is 1. The van der Waals surface area contributed by atoms with Gasteiger partial charge in [0.2, 0.25) is 0 Å². The van der Waals surface area contributed by atoms with Gasteiger partial charge in [-0.15, -0.1) is 0 Å². The molecule has 0 saturated carbocycles. The normalized spacial score (nSPS) is 10.4. The second-order valence-electron chi connectivity index (χ2n) is 3.34. The van der Waals surface area contributed by atoms with Crippen molar-refractivity contribution in [1.29, 1.82) is 0 Å². The van der Waals surface area contributed by atoms with E-state index in [9.17, 15) is 4.39 Å². The Bertz CT molecular complexity index is 517. The fourth-order valence-corrected chi connectivity index (χ4v) is 1.79. The maximum Gasteiger partial charge on any atom is 0.143 e. The Hall–Kier alpha value is -1.25. The molecule has 0 amide bonds. The predicted molar refractivity (Wildman–Crippen MR) is 66.3 cm³/mol. The van der Waals surface area contributed by atoms with Crippen molar-refractivity contribution >= 4 is 28.9 Å². The predicted octanol–water partition coefficient (Wildman–Crippen LogP) is 4.38. The molecule has 4 heteroatoms. The molecule has 0 aliphatic heterocycles. The maximum atomic E-state index is 13.4. The largest absolute Gasteiger partial charge is 0.398 e. The second kappa shape index (κ2) is 4.32. The summed E-state index contributed by atoms with van der Waals surface area (Å²) in [6.07, 6.45) is 0. The zero-order chi connectivity index (χ0) is 11.7. The number of hydrogen-bond donors (Lipinski definition) is 1. The van der Waals surface area contributed by atoms with Crippen LogP contribution in [0.5, 0.6) is 0 Å². The average molecular weight is 256 g/mol. The number of anilines is 1. The van der Waals surface area contributed by atoms with Crippen LogP contribution in [0.1, 0.15) is 0 Å². The molecule has 0 unspecified atom stereocenters. The molecule has 0 heterocycles. The van der Waals surface area contributed by atoms with E-state index in [1.807, 2.05) is 12.1 Å². The summed E-state index contributed by atoms with van der Waals surface area (Å²) in [5.41, 5.74) is 7.71. The Kier molecular flexibility index (Phi) is 3.03. The van der Waals surface area contributed by atoms with Gasteiger partial charge in [0, 0.05) is 11.3 Å². The van der Waals surface area contributed by atoms with Crippen molar-refractivity contribution < 1.29 is 4.39 Å². The van der Waals surface area contributed by atoms with E-state index in [4.69, 9.17) is 28.9 Å². The van der Waals surface area contributed by atoms with Crippen molar-refractivity contribution in [2.45, 2.75) is 0 Å². The van der Waals surface area contributed by atoms with Gasteiger partial charge in [-0.25, -0.2) is 4.39 Å². The zero-order valence-electron chi connectivity index (χ0n) is 8.18. The molecule has 2 rings (SSSR count). The van der Waals surface area contributed by atoms with Gasteiger partial charge >= 0.3 is 0 Å². The van der Waals surface area contributed by atoms with Crippen molar-refractivity contribution in [1.82, 2.24) is 0 Å². The highest BCUT2D eigenvalue weighted by Crippen LogP contribution is 2.33. The second-order valence-corrected chi connectivity index (χ2v) is 4.13. The van der Waals surface area contributed by atoms with Gasteiger partial charge in [-0.3, -0.25) is 0 Å². The van der Waals surface area contributed by atoms with E-state index in [0.29, 0.717) is 11.3 Å². The summed E-state index contributed by atoms with van der Waals surface area (Å²) in [6.45, 7) is 0. The molecule has 2 aromatic rings. The molecule has 0 aliphatic carbocycles. The number of halogens is 3. The van der Waals surface area contributed by atoms with Gasteiger partial charge in [-0.1, -0.05) is 41.4 Å². The lowest BCUT2D eigenvalue weighted by Gasteiger charge is -2.07. The van der Waals surface area contributed by atoms with Crippen LogP contribution in [0.3, 0.4) is 0 Å². The Labute approximate surface area is 103 Å². The molecule has 0 aliphatic rings. The molecule has 0 saturated heterocycles. The van der Waals surface area contributed by atoms with E-state index in [2.05, 4.69) is 0 Å². The van der Waals surface area contributed by atoms with Gasteiger partial charge in [-0.2, -0.15) is 0 Å². The first-order valence-corrected chi connectivity index (χ1v) is 5.34. The van der Waals surface area contributed by atoms with Crippen molar-refractivity contribution in [2.75, 3.05) is 5.73 Å². The van der Waals surface area contributed by atoms with Crippen molar-refractivity contribution in [3.05, 3.63) is 52.3 Å². The van der Waals surface area contributed by atoms with Crippen LogP contribution in [0, 0.1) is 5.82 Å². The fourth-order valence-electron chi connectivity index (χ4n) is 1.47. The third kappa shape index (κ3) is 1.99. The molecule has 0 radical (unpaired) electrons. The smallest absolute Gasteiger partial charge is 0.143 e. The van der Waals surface area contributed by atoms with Crippen molar-refractivity contribution in [3.63, 3.8) is 0 Å². The first kappa shape index (κ1) is 11.2. The summed E-state index contributed by atoms with van der Waals surface area (Å²) in [5, 5.41) is 0.111. The molecule has 0 atom stereocenters. The molecular formula is C12H8Cl2FN. The van der Waals surface area contributed by atoms with E-state index >= 15 is 0 Å². The summed E-state index contributed by atoms with van der Waals surface area (Å²) >= 11 is 11.4. The minimum Gasteiger partial charge on any atom is -0.398 e. The lowest BCUT2D eigenvalue weighted by atomic mass is 10.0. The van der Waals surface area contributed by atoms with Gasteiger partial charge < -0.3 is 5.73 Å². The van der Waals surface area contributed by atoms with Crippen LogP contribution in [-0.4, -0.2) is 0 Å². The number of benzene rings is 2. The Morgan fingerprint density at radius 2 is 1.75 bits per heavy atom. The highest BCUT2D eigenvalue weighted by molar-refractivity contribution is 6.42. The number of rotatable bonds is 1. The summed E-state index contributed by atoms with van der Waals surface area (Å²) < 4.78 is 13.4. The molecule has 16 heavy (non-hydrogen) atoms. The van der Waals surface area contributed by atoms with Crippen LogP contribution in [0.15, 0.2) is 36.4 Å². The molecule has 0 spiro atoms. The fraction of sp³-hybridized carbons (Fsp3) is 0. The minimum atomic E-state index is -0.549. The Balaban J connectivity index is 2.62. The van der Waals surface area contributed by atoms with E-state index in [1.165, 1.54) is 6.07 Å². The third-order valence-corrected chi connectivity index (χ3v) is 3.03. The number of para-hydroxylation sites is 1. The molecule has 0 bridgehead atoms. The standard InChI is InChI=1S/C12H8Cl2FN/c13-9-5-7(6-10(15)12(9)14)8-3-1-2-4-11(8)16/h1-6H,16H2. The van der Waals surface area contributed by atoms with E-state index in [1.54, 1.807) is 18.2 Å². The first-order chi connectivity index (χ1) is 7.59. The highest BCUT2D eigenvalue weighted by atomic mass is 35.5. The van der Waals surface area contributed by atoms with Crippen molar-refractivity contribution in [3.8, 4) is 11.1 Å². The average Bonchev–Trinajstić information content (AvgIpc) is 2.26. The van der Waals surface area contributed by atoms with Crippen molar-refractivity contribution in [2.24, 2.45) is 0 Å². The van der Waals surface area contributed by atoms with E-state index < -0.39 is 5.82 Å². The SMILES string of the molecule is Nc1ccccc1-c1cc(F)c(Cl)c(Cl)c1. The van der Waals surface area contributed by atoms with Gasteiger partial charge in [0.1, 0.15) is 5.82 Å². The van der Waals surface area contributed by atoms with E-state index in [-0.39, 0.29) is 10.0 Å². The lowest BCUT2D eigenvalue weighted by Crippen LogP contribution is -1.90. The van der Waals surface area contributed by atoms with Crippen LogP contribution < -0.4 is 5.73 Å².